The van der Waals surface area contributed by atoms with Crippen molar-refractivity contribution in [1.29, 1.82) is 0 Å². The highest BCUT2D eigenvalue weighted by molar-refractivity contribution is 5.08. The minimum atomic E-state index is -1.56. The Morgan fingerprint density at radius 1 is 1.33 bits per heavy atom. The molecule has 0 unspecified atom stereocenters. The predicted molar refractivity (Wildman–Crippen MR) is 34.8 cm³/mol. The van der Waals surface area contributed by atoms with Gasteiger partial charge in [-0.2, -0.15) is 0 Å². The highest BCUT2D eigenvalue weighted by atomic mass is 16.5. The van der Waals surface area contributed by atoms with Crippen molar-refractivity contribution in [2.75, 3.05) is 0 Å². The van der Waals surface area contributed by atoms with E-state index in [4.69, 9.17) is 10.2 Å². The lowest BCUT2D eigenvalue weighted by Gasteiger charge is -2.28. The third kappa shape index (κ3) is 1.32. The molecule has 0 radical (unpaired) electrons. The first kappa shape index (κ1) is 6.78. The van der Waals surface area contributed by atoms with Crippen molar-refractivity contribution >= 4 is 0 Å². The lowest BCUT2D eigenvalue weighted by atomic mass is 9.90. The molecule has 0 aromatic rings. The molecule has 9 heavy (non-hydrogen) atoms. The van der Waals surface area contributed by atoms with Gasteiger partial charge in [-0.25, -0.2) is 0 Å². The van der Waals surface area contributed by atoms with Crippen LogP contribution in [0.3, 0.4) is 0 Å². The monoisotopic (exact) mass is 128 g/mol. The fourth-order valence-corrected chi connectivity index (χ4v) is 1.09. The topological polar surface area (TPSA) is 40.5 Å². The maximum atomic E-state index is 9.10. The Hall–Kier alpha value is -0.340. The third-order valence-corrected chi connectivity index (χ3v) is 1.82. The lowest BCUT2D eigenvalue weighted by molar-refractivity contribution is -0.142. The summed E-state index contributed by atoms with van der Waals surface area (Å²) in [7, 11) is 0. The molecule has 0 spiro atoms. The zero-order valence-electron chi connectivity index (χ0n) is 5.43. The lowest BCUT2D eigenvalue weighted by Crippen LogP contribution is -2.32. The van der Waals surface area contributed by atoms with Gasteiger partial charge in [-0.3, -0.25) is 0 Å². The van der Waals surface area contributed by atoms with Crippen molar-refractivity contribution in [3.63, 3.8) is 0 Å². The molecule has 1 aliphatic rings. The number of rotatable bonds is 0. The van der Waals surface area contributed by atoms with Crippen LogP contribution >= 0.6 is 0 Å². The van der Waals surface area contributed by atoms with E-state index in [1.165, 1.54) is 0 Å². The van der Waals surface area contributed by atoms with Gasteiger partial charge in [0.2, 0.25) is 0 Å². The summed E-state index contributed by atoms with van der Waals surface area (Å²) in [5.74, 6) is -1.56. The highest BCUT2D eigenvalue weighted by Crippen LogP contribution is 2.29. The summed E-state index contributed by atoms with van der Waals surface area (Å²) in [6.07, 6.45) is 3.15. The van der Waals surface area contributed by atoms with E-state index in [-0.39, 0.29) is 0 Å². The van der Waals surface area contributed by atoms with Crippen molar-refractivity contribution in [1.82, 2.24) is 0 Å². The molecular formula is C7H12O2. The molecule has 2 nitrogen and oxygen atoms in total. The van der Waals surface area contributed by atoms with Gasteiger partial charge < -0.3 is 10.2 Å². The summed E-state index contributed by atoms with van der Waals surface area (Å²) in [6, 6.07) is 0. The van der Waals surface area contributed by atoms with E-state index in [1.54, 1.807) is 0 Å². The fourth-order valence-electron chi connectivity index (χ4n) is 1.09. The van der Waals surface area contributed by atoms with Gasteiger partial charge in [0.05, 0.1) is 0 Å². The molecule has 1 rings (SSSR count). The Morgan fingerprint density at radius 2 is 2.00 bits per heavy atom. The predicted octanol–water partition coefficient (Wildman–Crippen LogP) is 0.797. The summed E-state index contributed by atoms with van der Waals surface area (Å²) >= 11 is 0. The molecule has 0 atom stereocenters. The van der Waals surface area contributed by atoms with Crippen molar-refractivity contribution in [3.8, 4) is 0 Å². The Bertz CT molecular complexity index is 127. The number of hydrogen-bond acceptors (Lipinski definition) is 2. The summed E-state index contributed by atoms with van der Waals surface area (Å²) < 4.78 is 0. The first-order valence-corrected chi connectivity index (χ1v) is 3.26. The largest absolute Gasteiger partial charge is 0.362 e. The minimum absolute atomic E-state index is 0.450. The van der Waals surface area contributed by atoms with Crippen LogP contribution in [0.25, 0.3) is 0 Å². The smallest absolute Gasteiger partial charge is 0.185 e. The van der Waals surface area contributed by atoms with E-state index in [9.17, 15) is 0 Å². The van der Waals surface area contributed by atoms with Crippen LogP contribution in [0.15, 0.2) is 12.2 Å². The second-order valence-electron chi connectivity index (χ2n) is 2.63. The SMILES string of the molecule is C=C1CCCCC1(O)O. The Labute approximate surface area is 54.8 Å². The average Bonchev–Trinajstić information content (AvgIpc) is 1.77. The Kier molecular flexibility index (Phi) is 1.60. The first-order chi connectivity index (χ1) is 4.13. The molecule has 0 heterocycles. The average molecular weight is 128 g/mol. The molecule has 0 aromatic carbocycles. The van der Waals surface area contributed by atoms with Crippen LogP contribution in [0.5, 0.6) is 0 Å². The van der Waals surface area contributed by atoms with Crippen molar-refractivity contribution in [2.45, 2.75) is 31.5 Å². The maximum absolute atomic E-state index is 9.10. The first-order valence-electron chi connectivity index (χ1n) is 3.26. The van der Waals surface area contributed by atoms with E-state index >= 15 is 0 Å². The quantitative estimate of drug-likeness (QED) is 0.374. The van der Waals surface area contributed by atoms with Gasteiger partial charge in [-0.1, -0.05) is 6.58 Å². The van der Waals surface area contributed by atoms with E-state index in [0.29, 0.717) is 12.0 Å². The number of aliphatic hydroxyl groups is 2. The molecule has 1 fully saturated rings. The molecule has 52 valence electrons. The van der Waals surface area contributed by atoms with E-state index < -0.39 is 5.79 Å². The van der Waals surface area contributed by atoms with Crippen LogP contribution in [-0.4, -0.2) is 16.0 Å². The van der Waals surface area contributed by atoms with Crippen LogP contribution in [0, 0.1) is 0 Å². The van der Waals surface area contributed by atoms with Gasteiger partial charge in [0.15, 0.2) is 5.79 Å². The molecular weight excluding hydrogens is 116 g/mol. The van der Waals surface area contributed by atoms with Crippen molar-refractivity contribution < 1.29 is 10.2 Å². The summed E-state index contributed by atoms with van der Waals surface area (Å²) in [4.78, 5) is 0. The van der Waals surface area contributed by atoms with E-state index in [0.717, 1.165) is 19.3 Å². The molecule has 0 amide bonds. The fraction of sp³-hybridized carbons (Fsp3) is 0.714. The molecule has 2 N–H and O–H groups in total. The van der Waals surface area contributed by atoms with E-state index in [1.807, 2.05) is 0 Å². The van der Waals surface area contributed by atoms with Gasteiger partial charge in [0.25, 0.3) is 0 Å². The highest BCUT2D eigenvalue weighted by Gasteiger charge is 2.29. The minimum Gasteiger partial charge on any atom is -0.362 e. The van der Waals surface area contributed by atoms with Gasteiger partial charge >= 0.3 is 0 Å². The van der Waals surface area contributed by atoms with Gasteiger partial charge in [0.1, 0.15) is 0 Å². The summed E-state index contributed by atoms with van der Waals surface area (Å²) in [5.41, 5.74) is 0.564. The standard InChI is InChI=1S/C7H12O2/c1-6-4-2-3-5-7(6,8)9/h8-9H,1-5H2. The molecule has 1 aliphatic carbocycles. The van der Waals surface area contributed by atoms with Crippen molar-refractivity contribution in [3.05, 3.63) is 12.2 Å². The van der Waals surface area contributed by atoms with Crippen LogP contribution in [0.2, 0.25) is 0 Å². The van der Waals surface area contributed by atoms with Gasteiger partial charge in [-0.05, 0) is 24.8 Å². The second-order valence-corrected chi connectivity index (χ2v) is 2.63. The second kappa shape index (κ2) is 2.12. The van der Waals surface area contributed by atoms with Crippen LogP contribution in [0.1, 0.15) is 25.7 Å². The molecule has 1 saturated carbocycles. The van der Waals surface area contributed by atoms with Crippen LogP contribution in [-0.2, 0) is 0 Å². The van der Waals surface area contributed by atoms with Crippen molar-refractivity contribution in [2.24, 2.45) is 0 Å². The maximum Gasteiger partial charge on any atom is 0.185 e. The summed E-state index contributed by atoms with van der Waals surface area (Å²) in [5, 5.41) is 18.2. The molecule has 0 aliphatic heterocycles. The van der Waals surface area contributed by atoms with Gasteiger partial charge in [0, 0.05) is 6.42 Å². The Balaban J connectivity index is 2.60. The third-order valence-electron chi connectivity index (χ3n) is 1.82. The van der Waals surface area contributed by atoms with Gasteiger partial charge in [-0.15, -0.1) is 0 Å². The summed E-state index contributed by atoms with van der Waals surface area (Å²) in [6.45, 7) is 3.57. The molecule has 2 heteroatoms. The zero-order valence-corrected chi connectivity index (χ0v) is 5.43. The van der Waals surface area contributed by atoms with Crippen LogP contribution < -0.4 is 0 Å². The Morgan fingerprint density at radius 3 is 2.33 bits per heavy atom. The van der Waals surface area contributed by atoms with E-state index in [2.05, 4.69) is 6.58 Å². The normalized spacial score (nSPS) is 26.2. The molecule has 0 bridgehead atoms. The zero-order chi connectivity index (χ0) is 6.91. The molecule has 0 aromatic heterocycles. The van der Waals surface area contributed by atoms with Crippen LogP contribution in [0.4, 0.5) is 0 Å². The molecule has 0 saturated heterocycles. The number of hydrogen-bond donors (Lipinski definition) is 2.